The molecule has 2 aliphatic rings. The second-order valence-electron chi connectivity index (χ2n) is 6.03. The van der Waals surface area contributed by atoms with Gasteiger partial charge in [0.25, 0.3) is 0 Å². The normalized spacial score (nSPS) is 26.7. The summed E-state index contributed by atoms with van der Waals surface area (Å²) in [4.78, 5) is 4.24. The molecule has 0 radical (unpaired) electrons. The number of nitrogens with one attached hydrogen (secondary N) is 1. The van der Waals surface area contributed by atoms with Crippen LogP contribution in [0.15, 0.2) is 41.5 Å². The standard InChI is InChI=1S/C17H25N4O/c1-3-21(14(2)15-5-4-8-18-11-15)13-17(12-19-21)20-16-6-9-22-10-7-16/h4-5,8,11-14,16,20H,3,6-7,9-10H2,1-2H3/q+1. The minimum atomic E-state index is 0.254. The molecule has 0 saturated carbocycles. The monoisotopic (exact) mass is 301 g/mol. The van der Waals surface area contributed by atoms with E-state index in [9.17, 15) is 0 Å². The van der Waals surface area contributed by atoms with Crippen LogP contribution in [0.5, 0.6) is 0 Å². The van der Waals surface area contributed by atoms with Crippen molar-refractivity contribution in [1.29, 1.82) is 0 Å². The van der Waals surface area contributed by atoms with E-state index in [0.717, 1.165) is 38.3 Å². The Morgan fingerprint density at radius 2 is 2.23 bits per heavy atom. The zero-order chi connectivity index (χ0) is 15.4. The molecule has 5 heteroatoms. The zero-order valence-electron chi connectivity index (χ0n) is 13.4. The SMILES string of the molecule is CC[N+]1(C(C)c2cccnc2)C=C(NC2CCOCC2)C=N1. The molecule has 0 spiro atoms. The van der Waals surface area contributed by atoms with E-state index in [1.54, 1.807) is 0 Å². The molecular weight excluding hydrogens is 276 g/mol. The average molecular weight is 301 g/mol. The molecule has 0 amide bonds. The Labute approximate surface area is 132 Å². The van der Waals surface area contributed by atoms with Gasteiger partial charge in [0.1, 0.15) is 30.7 Å². The summed E-state index contributed by atoms with van der Waals surface area (Å²) in [6, 6.07) is 4.87. The van der Waals surface area contributed by atoms with Crippen LogP contribution in [0.1, 0.15) is 38.3 Å². The number of aromatic nitrogens is 1. The van der Waals surface area contributed by atoms with Gasteiger partial charge in [0.05, 0.1) is 0 Å². The fraction of sp³-hybridized carbons (Fsp3) is 0.529. The van der Waals surface area contributed by atoms with E-state index in [1.165, 1.54) is 5.56 Å². The Morgan fingerprint density at radius 3 is 2.91 bits per heavy atom. The van der Waals surface area contributed by atoms with Crippen LogP contribution in [-0.2, 0) is 4.74 Å². The molecule has 3 heterocycles. The van der Waals surface area contributed by atoms with E-state index in [2.05, 4.69) is 36.4 Å². The van der Waals surface area contributed by atoms with Crippen molar-refractivity contribution in [2.24, 2.45) is 5.10 Å². The second kappa shape index (κ2) is 6.58. The Morgan fingerprint density at radius 1 is 1.41 bits per heavy atom. The molecule has 2 unspecified atom stereocenters. The fourth-order valence-corrected chi connectivity index (χ4v) is 3.17. The summed E-state index contributed by atoms with van der Waals surface area (Å²) in [5, 5.41) is 8.42. The molecule has 0 aromatic carbocycles. The van der Waals surface area contributed by atoms with Crippen LogP contribution in [0.4, 0.5) is 0 Å². The zero-order valence-corrected chi connectivity index (χ0v) is 13.4. The van der Waals surface area contributed by atoms with Crippen molar-refractivity contribution in [2.75, 3.05) is 19.8 Å². The number of pyridine rings is 1. The minimum absolute atomic E-state index is 0.254. The Kier molecular flexibility index (Phi) is 4.55. The summed E-state index contributed by atoms with van der Waals surface area (Å²) in [6.07, 6.45) is 10.1. The number of hydrogen-bond acceptors (Lipinski definition) is 4. The smallest absolute Gasteiger partial charge is 0.148 e. The molecule has 0 aliphatic carbocycles. The maximum Gasteiger partial charge on any atom is 0.148 e. The highest BCUT2D eigenvalue weighted by molar-refractivity contribution is 5.78. The number of ether oxygens (including phenoxy) is 1. The average Bonchev–Trinajstić information content (AvgIpc) is 3.00. The summed E-state index contributed by atoms with van der Waals surface area (Å²) >= 11 is 0. The quantitative estimate of drug-likeness (QED) is 0.850. The second-order valence-corrected chi connectivity index (χ2v) is 6.03. The number of allylic oxidation sites excluding steroid dienone is 1. The van der Waals surface area contributed by atoms with E-state index in [4.69, 9.17) is 9.84 Å². The van der Waals surface area contributed by atoms with Crippen molar-refractivity contribution < 1.29 is 9.33 Å². The first kappa shape index (κ1) is 15.2. The van der Waals surface area contributed by atoms with E-state index < -0.39 is 0 Å². The van der Waals surface area contributed by atoms with E-state index in [1.807, 2.05) is 24.7 Å². The van der Waals surface area contributed by atoms with Crippen molar-refractivity contribution in [1.82, 2.24) is 10.3 Å². The lowest BCUT2D eigenvalue weighted by Gasteiger charge is -2.31. The molecule has 3 rings (SSSR count). The van der Waals surface area contributed by atoms with Crippen molar-refractivity contribution >= 4 is 6.21 Å². The molecule has 2 atom stereocenters. The molecule has 1 aromatic rings. The van der Waals surface area contributed by atoms with Crippen molar-refractivity contribution in [3.05, 3.63) is 42.0 Å². The van der Waals surface area contributed by atoms with E-state index >= 15 is 0 Å². The summed E-state index contributed by atoms with van der Waals surface area (Å²) in [5.74, 6) is 0. The topological polar surface area (TPSA) is 46.5 Å². The first-order chi connectivity index (χ1) is 10.7. The Hall–Kier alpha value is -1.72. The van der Waals surface area contributed by atoms with Crippen LogP contribution in [0.2, 0.25) is 0 Å². The number of nitrogens with zero attached hydrogens (tertiary/aromatic N) is 3. The third-order valence-corrected chi connectivity index (χ3v) is 4.71. The lowest BCUT2D eigenvalue weighted by Crippen LogP contribution is -2.39. The number of quaternary nitrogens is 1. The highest BCUT2D eigenvalue weighted by atomic mass is 16.5. The largest absolute Gasteiger partial charge is 0.381 e. The van der Waals surface area contributed by atoms with Crippen LogP contribution >= 0.6 is 0 Å². The molecule has 1 aromatic heterocycles. The van der Waals surface area contributed by atoms with Gasteiger partial charge in [-0.25, -0.2) is 0 Å². The third-order valence-electron chi connectivity index (χ3n) is 4.71. The number of hydrogen-bond donors (Lipinski definition) is 1. The summed E-state index contributed by atoms with van der Waals surface area (Å²) in [7, 11) is 0. The van der Waals surface area contributed by atoms with Gasteiger partial charge in [0, 0.05) is 37.2 Å². The number of rotatable bonds is 5. The molecular formula is C17H25N4O+. The van der Waals surface area contributed by atoms with Crippen LogP contribution in [-0.4, -0.2) is 41.6 Å². The third kappa shape index (κ3) is 3.05. The van der Waals surface area contributed by atoms with Gasteiger partial charge in [-0.3, -0.25) is 4.98 Å². The van der Waals surface area contributed by atoms with Crippen molar-refractivity contribution in [3.8, 4) is 0 Å². The Balaban J connectivity index is 1.75. The van der Waals surface area contributed by atoms with Gasteiger partial charge in [-0.15, -0.1) is 0 Å². The first-order valence-electron chi connectivity index (χ1n) is 8.13. The maximum absolute atomic E-state index is 5.42. The van der Waals surface area contributed by atoms with Crippen molar-refractivity contribution in [3.63, 3.8) is 0 Å². The van der Waals surface area contributed by atoms with E-state index in [0.29, 0.717) is 10.6 Å². The predicted molar refractivity (Wildman–Crippen MR) is 87.0 cm³/mol. The lowest BCUT2D eigenvalue weighted by atomic mass is 10.1. The highest BCUT2D eigenvalue weighted by Gasteiger charge is 2.36. The highest BCUT2D eigenvalue weighted by Crippen LogP contribution is 2.32. The van der Waals surface area contributed by atoms with Crippen LogP contribution in [0.3, 0.4) is 0 Å². The van der Waals surface area contributed by atoms with Gasteiger partial charge in [-0.05, 0) is 38.8 Å². The summed E-state index contributed by atoms with van der Waals surface area (Å²) in [5.41, 5.74) is 2.34. The molecule has 1 saturated heterocycles. The van der Waals surface area contributed by atoms with Gasteiger partial charge in [0.15, 0.2) is 0 Å². The van der Waals surface area contributed by atoms with Gasteiger partial charge >= 0.3 is 0 Å². The van der Waals surface area contributed by atoms with Crippen molar-refractivity contribution in [2.45, 2.75) is 38.8 Å². The van der Waals surface area contributed by atoms with E-state index in [-0.39, 0.29) is 6.04 Å². The molecule has 1 N–H and O–H groups in total. The maximum atomic E-state index is 5.42. The van der Waals surface area contributed by atoms with Gasteiger partial charge in [-0.1, -0.05) is 5.10 Å². The first-order valence-corrected chi connectivity index (χ1v) is 8.13. The molecule has 0 bridgehead atoms. The predicted octanol–water partition coefficient (Wildman–Crippen LogP) is 2.59. The van der Waals surface area contributed by atoms with Crippen LogP contribution in [0, 0.1) is 0 Å². The summed E-state index contributed by atoms with van der Waals surface area (Å²) in [6.45, 7) is 7.01. The fourth-order valence-electron chi connectivity index (χ4n) is 3.17. The lowest BCUT2D eigenvalue weighted by molar-refractivity contribution is -0.911. The minimum Gasteiger partial charge on any atom is -0.381 e. The summed E-state index contributed by atoms with van der Waals surface area (Å²) < 4.78 is 6.01. The van der Waals surface area contributed by atoms with Gasteiger partial charge < -0.3 is 10.1 Å². The molecule has 5 nitrogen and oxygen atoms in total. The molecule has 2 aliphatic heterocycles. The van der Waals surface area contributed by atoms with Crippen LogP contribution in [0.25, 0.3) is 0 Å². The molecule has 118 valence electrons. The molecule has 22 heavy (non-hydrogen) atoms. The van der Waals surface area contributed by atoms with Gasteiger partial charge in [0.2, 0.25) is 0 Å². The Bertz CT molecular complexity index is 551. The van der Waals surface area contributed by atoms with Gasteiger partial charge in [-0.2, -0.15) is 4.59 Å². The molecule has 1 fully saturated rings. The van der Waals surface area contributed by atoms with Crippen LogP contribution < -0.4 is 5.32 Å².